The van der Waals surface area contributed by atoms with E-state index in [9.17, 15) is 14.4 Å². The Morgan fingerprint density at radius 2 is 1.05 bits per heavy atom. The van der Waals surface area contributed by atoms with E-state index in [4.69, 9.17) is 4.74 Å². The predicted octanol–water partition coefficient (Wildman–Crippen LogP) is 5.54. The third kappa shape index (κ3) is 3.42. The average Bonchev–Trinajstić information content (AvgIpc) is 3.22. The quantitative estimate of drug-likeness (QED) is 0.205. The van der Waals surface area contributed by atoms with E-state index < -0.39 is 17.8 Å². The lowest BCUT2D eigenvalue weighted by molar-refractivity contribution is -0.141. The minimum atomic E-state index is -0.470. The van der Waals surface area contributed by atoms with E-state index in [1.165, 1.54) is 4.90 Å². The molecule has 0 radical (unpaired) electrons. The molecule has 1 aliphatic heterocycles. The normalized spacial score (nSPS) is 22.6. The Labute approximate surface area is 220 Å². The number of rotatable bonds is 5. The molecule has 4 aromatic carbocycles. The molecule has 0 N–H and O–H groups in total. The number of benzene rings is 4. The number of hydrogen-bond donors (Lipinski definition) is 0. The second-order valence-electron chi connectivity index (χ2n) is 10.2. The van der Waals surface area contributed by atoms with Crippen LogP contribution in [-0.2, 0) is 14.4 Å². The van der Waals surface area contributed by atoms with Gasteiger partial charge in [-0.25, -0.2) is 0 Å². The van der Waals surface area contributed by atoms with Gasteiger partial charge in [0.25, 0.3) is 0 Å². The van der Waals surface area contributed by atoms with Gasteiger partial charge in [0.05, 0.1) is 18.3 Å². The highest BCUT2D eigenvalue weighted by molar-refractivity contribution is 6.07. The molecule has 2 bridgehead atoms. The van der Waals surface area contributed by atoms with Crippen LogP contribution in [0, 0.1) is 11.8 Å². The third-order valence-corrected chi connectivity index (χ3v) is 8.27. The molecule has 38 heavy (non-hydrogen) atoms. The fraction of sp³-hybridized carbons (Fsp3) is 0.182. The van der Waals surface area contributed by atoms with E-state index in [2.05, 4.69) is 24.3 Å². The number of nitrogens with zero attached hydrogens (tertiary/aromatic N) is 1. The summed E-state index contributed by atoms with van der Waals surface area (Å²) in [6.07, 6.45) is -0.0490. The first-order valence-corrected chi connectivity index (χ1v) is 13.0. The number of likely N-dealkylation sites (tertiary alicyclic amines) is 1. The van der Waals surface area contributed by atoms with Crippen LogP contribution >= 0.6 is 0 Å². The molecule has 186 valence electrons. The molecule has 1 fully saturated rings. The predicted molar refractivity (Wildman–Crippen MR) is 142 cm³/mol. The molecule has 0 saturated carbocycles. The Morgan fingerprint density at radius 3 is 1.55 bits per heavy atom. The van der Waals surface area contributed by atoms with Crippen molar-refractivity contribution in [2.24, 2.45) is 11.8 Å². The summed E-state index contributed by atoms with van der Waals surface area (Å²) in [7, 11) is 0. The van der Waals surface area contributed by atoms with Crippen LogP contribution in [-0.4, -0.2) is 29.2 Å². The average molecular weight is 500 g/mol. The summed E-state index contributed by atoms with van der Waals surface area (Å²) in [5.41, 5.74) is 6.66. The maximum atomic E-state index is 13.7. The summed E-state index contributed by atoms with van der Waals surface area (Å²) < 4.78 is 5.52. The first-order valence-electron chi connectivity index (χ1n) is 13.0. The molecule has 5 heteroatoms. The summed E-state index contributed by atoms with van der Waals surface area (Å²) >= 11 is 0. The minimum absolute atomic E-state index is 0.0255. The second kappa shape index (κ2) is 8.80. The standard InChI is InChI=1S/C33H25NO4/c35-27(38-22-16-14-21(15-17-22)20-8-2-1-3-9-20)18-19-34-32(36)30-28-23-10-4-5-11-24(23)29(31(30)33(34)37)26-13-7-6-12-25(26)28/h1-17,28-31H,18-19H2/t28?,29?,30-,31-/m0/s1. The van der Waals surface area contributed by atoms with E-state index in [1.807, 2.05) is 66.7 Å². The lowest BCUT2D eigenvalue weighted by Gasteiger charge is -2.45. The van der Waals surface area contributed by atoms with E-state index in [1.54, 1.807) is 12.1 Å². The monoisotopic (exact) mass is 499 g/mol. The van der Waals surface area contributed by atoms with Crippen molar-refractivity contribution in [3.05, 3.63) is 125 Å². The van der Waals surface area contributed by atoms with Gasteiger partial charge in [0.1, 0.15) is 5.75 Å². The molecule has 4 aliphatic rings. The van der Waals surface area contributed by atoms with Crippen LogP contribution in [0.3, 0.4) is 0 Å². The first-order chi connectivity index (χ1) is 18.6. The lowest BCUT2D eigenvalue weighted by Crippen LogP contribution is -2.41. The van der Waals surface area contributed by atoms with Gasteiger partial charge in [-0.15, -0.1) is 0 Å². The van der Waals surface area contributed by atoms with Gasteiger partial charge in [-0.2, -0.15) is 0 Å². The molecule has 2 amide bonds. The van der Waals surface area contributed by atoms with Crippen LogP contribution in [0.15, 0.2) is 103 Å². The van der Waals surface area contributed by atoms with Gasteiger partial charge in [-0.3, -0.25) is 19.3 Å². The molecule has 5 nitrogen and oxygen atoms in total. The highest BCUT2D eigenvalue weighted by Gasteiger charge is 2.61. The largest absolute Gasteiger partial charge is 0.426 e. The molecule has 4 aromatic rings. The number of ether oxygens (including phenoxy) is 1. The van der Waals surface area contributed by atoms with Crippen molar-refractivity contribution >= 4 is 17.8 Å². The summed E-state index contributed by atoms with van der Waals surface area (Å²) in [6, 6.07) is 33.6. The zero-order chi connectivity index (χ0) is 25.8. The van der Waals surface area contributed by atoms with Crippen molar-refractivity contribution in [1.29, 1.82) is 0 Å². The molecule has 0 spiro atoms. The molecule has 2 atom stereocenters. The summed E-state index contributed by atoms with van der Waals surface area (Å²) in [4.78, 5) is 41.3. The number of esters is 1. The SMILES string of the molecule is O=C(CCN1C(=O)[C@H]2C3c4ccccc4C(c4ccccc43)[C@@H]2C1=O)Oc1ccc(-c2ccccc2)cc1. The smallest absolute Gasteiger partial charge is 0.312 e. The number of hydrogen-bond acceptors (Lipinski definition) is 4. The molecule has 1 heterocycles. The minimum Gasteiger partial charge on any atom is -0.426 e. The Bertz CT molecular complexity index is 1460. The Kier molecular flexibility index (Phi) is 5.25. The number of carbonyl (C=O) groups is 3. The van der Waals surface area contributed by atoms with E-state index in [-0.39, 0.29) is 36.6 Å². The van der Waals surface area contributed by atoms with Crippen LogP contribution in [0.4, 0.5) is 0 Å². The van der Waals surface area contributed by atoms with Gasteiger partial charge in [-0.05, 0) is 45.5 Å². The van der Waals surface area contributed by atoms with Gasteiger partial charge in [-0.1, -0.05) is 91.0 Å². The van der Waals surface area contributed by atoms with E-state index in [0.717, 1.165) is 33.4 Å². The maximum Gasteiger partial charge on any atom is 0.312 e. The van der Waals surface area contributed by atoms with Crippen LogP contribution < -0.4 is 4.74 Å². The Morgan fingerprint density at radius 1 is 0.605 bits per heavy atom. The molecule has 8 rings (SSSR count). The van der Waals surface area contributed by atoms with Gasteiger partial charge in [0, 0.05) is 18.4 Å². The molecular formula is C33H25NO4. The number of amides is 2. The third-order valence-electron chi connectivity index (χ3n) is 8.27. The first kappa shape index (κ1) is 22.7. The summed E-state index contributed by atoms with van der Waals surface area (Å²) in [5.74, 6) is -1.55. The fourth-order valence-electron chi connectivity index (χ4n) is 6.69. The van der Waals surface area contributed by atoms with Gasteiger partial charge >= 0.3 is 5.97 Å². The zero-order valence-corrected chi connectivity index (χ0v) is 20.6. The van der Waals surface area contributed by atoms with Crippen molar-refractivity contribution in [3.63, 3.8) is 0 Å². The molecule has 0 unspecified atom stereocenters. The van der Waals surface area contributed by atoms with Crippen LogP contribution in [0.5, 0.6) is 5.75 Å². The lowest BCUT2D eigenvalue weighted by atomic mass is 9.55. The van der Waals surface area contributed by atoms with Crippen molar-refractivity contribution < 1.29 is 19.1 Å². The second-order valence-corrected chi connectivity index (χ2v) is 10.2. The Hall–Kier alpha value is -4.51. The summed E-state index contributed by atoms with van der Waals surface area (Å²) in [6.45, 7) is 0.0255. The van der Waals surface area contributed by atoms with Crippen molar-refractivity contribution in [1.82, 2.24) is 4.90 Å². The van der Waals surface area contributed by atoms with Crippen LogP contribution in [0.2, 0.25) is 0 Å². The number of imide groups is 1. The van der Waals surface area contributed by atoms with E-state index >= 15 is 0 Å². The molecule has 1 saturated heterocycles. The summed E-state index contributed by atoms with van der Waals surface area (Å²) in [5, 5.41) is 0. The molecule has 0 aromatic heterocycles. The maximum absolute atomic E-state index is 13.7. The van der Waals surface area contributed by atoms with Crippen molar-refractivity contribution in [2.75, 3.05) is 6.54 Å². The van der Waals surface area contributed by atoms with Crippen molar-refractivity contribution in [3.8, 4) is 16.9 Å². The van der Waals surface area contributed by atoms with Gasteiger partial charge in [0.2, 0.25) is 11.8 Å². The molecule has 3 aliphatic carbocycles. The van der Waals surface area contributed by atoms with Gasteiger partial charge in [0.15, 0.2) is 0 Å². The zero-order valence-electron chi connectivity index (χ0n) is 20.6. The number of carbonyl (C=O) groups excluding carboxylic acids is 3. The van der Waals surface area contributed by atoms with Crippen LogP contribution in [0.1, 0.15) is 40.5 Å². The van der Waals surface area contributed by atoms with Gasteiger partial charge < -0.3 is 4.74 Å². The highest BCUT2D eigenvalue weighted by atomic mass is 16.5. The highest BCUT2D eigenvalue weighted by Crippen LogP contribution is 2.60. The Balaban J connectivity index is 1.08. The topological polar surface area (TPSA) is 63.7 Å². The van der Waals surface area contributed by atoms with Crippen LogP contribution in [0.25, 0.3) is 11.1 Å². The fourth-order valence-corrected chi connectivity index (χ4v) is 6.69. The molecular weight excluding hydrogens is 474 g/mol. The van der Waals surface area contributed by atoms with E-state index in [0.29, 0.717) is 5.75 Å². The van der Waals surface area contributed by atoms with Crippen molar-refractivity contribution in [2.45, 2.75) is 18.3 Å².